The van der Waals surface area contributed by atoms with Crippen molar-refractivity contribution in [1.29, 1.82) is 0 Å². The fourth-order valence-electron chi connectivity index (χ4n) is 3.90. The van der Waals surface area contributed by atoms with Gasteiger partial charge in [-0.3, -0.25) is 9.78 Å². The van der Waals surface area contributed by atoms with Gasteiger partial charge in [0.2, 0.25) is 11.7 Å². The molecule has 0 atom stereocenters. The number of ketones is 1. The van der Waals surface area contributed by atoms with Gasteiger partial charge in [0.1, 0.15) is 19.0 Å². The van der Waals surface area contributed by atoms with Gasteiger partial charge < -0.3 is 14.4 Å². The first-order chi connectivity index (χ1) is 15.6. The van der Waals surface area contributed by atoms with Crippen LogP contribution in [0.15, 0.2) is 67.0 Å². The van der Waals surface area contributed by atoms with E-state index >= 15 is 0 Å². The van der Waals surface area contributed by atoms with Crippen LogP contribution in [-0.4, -0.2) is 47.9 Å². The molecule has 2 aromatic carbocycles. The number of nitrogens with zero attached hydrogens (tertiary/aromatic N) is 3. The summed E-state index contributed by atoms with van der Waals surface area (Å²) in [5.74, 6) is 0.977. The molecule has 0 amide bonds. The summed E-state index contributed by atoms with van der Waals surface area (Å²) >= 11 is 0. The predicted molar refractivity (Wildman–Crippen MR) is 123 cm³/mol. The largest absolute Gasteiger partial charge is 0.489 e. The van der Waals surface area contributed by atoms with E-state index in [1.54, 1.807) is 12.4 Å². The number of benzene rings is 2. The lowest BCUT2D eigenvalue weighted by atomic mass is 10.0. The maximum Gasteiger partial charge on any atom is 0.226 e. The average molecular weight is 425 g/mol. The number of hydrogen-bond donors (Lipinski definition) is 0. The van der Waals surface area contributed by atoms with E-state index in [1.807, 2.05) is 73.6 Å². The van der Waals surface area contributed by atoms with Gasteiger partial charge in [0, 0.05) is 41.5 Å². The minimum Gasteiger partial charge on any atom is -0.489 e. The Labute approximate surface area is 186 Å². The Balaban J connectivity index is 1.57. The molecule has 0 bridgehead atoms. The van der Waals surface area contributed by atoms with Gasteiger partial charge in [-0.15, -0.1) is 0 Å². The second kappa shape index (κ2) is 8.40. The van der Waals surface area contributed by atoms with Crippen molar-refractivity contribution < 1.29 is 14.3 Å². The summed E-state index contributed by atoms with van der Waals surface area (Å²) in [5, 5.41) is 0.894. The highest BCUT2D eigenvalue weighted by molar-refractivity contribution is 6.26. The van der Waals surface area contributed by atoms with Gasteiger partial charge in [-0.05, 0) is 43.4 Å². The molecular formula is C26H23N3O3. The van der Waals surface area contributed by atoms with Gasteiger partial charge in [-0.1, -0.05) is 30.3 Å². The van der Waals surface area contributed by atoms with Crippen molar-refractivity contribution in [2.75, 3.05) is 27.2 Å². The third-order valence-corrected chi connectivity index (χ3v) is 5.51. The second-order valence-corrected chi connectivity index (χ2v) is 8.02. The molecule has 4 aromatic rings. The molecule has 0 unspecified atom stereocenters. The van der Waals surface area contributed by atoms with Crippen LogP contribution in [0.25, 0.3) is 22.0 Å². The summed E-state index contributed by atoms with van der Waals surface area (Å²) in [5.41, 5.74) is 4.63. The normalized spacial score (nSPS) is 12.2. The molecule has 160 valence electrons. The van der Waals surface area contributed by atoms with E-state index in [2.05, 4.69) is 4.98 Å². The molecule has 0 saturated carbocycles. The van der Waals surface area contributed by atoms with Gasteiger partial charge in [0.15, 0.2) is 0 Å². The van der Waals surface area contributed by atoms with Gasteiger partial charge in [-0.25, -0.2) is 4.98 Å². The average Bonchev–Trinajstić information content (AvgIpc) is 3.11. The van der Waals surface area contributed by atoms with Gasteiger partial charge >= 0.3 is 0 Å². The minimum absolute atomic E-state index is 0.0956. The number of hydrogen-bond acceptors (Lipinski definition) is 6. The van der Waals surface area contributed by atoms with E-state index in [0.717, 1.165) is 34.1 Å². The van der Waals surface area contributed by atoms with Crippen LogP contribution in [-0.2, 0) is 6.61 Å². The topological polar surface area (TPSA) is 64.6 Å². The molecule has 0 aliphatic heterocycles. The molecule has 1 aliphatic rings. The molecule has 1 aliphatic carbocycles. The monoisotopic (exact) mass is 425 g/mol. The Hall–Kier alpha value is -3.77. The molecule has 6 nitrogen and oxygen atoms in total. The van der Waals surface area contributed by atoms with Gasteiger partial charge in [-0.2, -0.15) is 0 Å². The minimum atomic E-state index is -0.0956. The smallest absolute Gasteiger partial charge is 0.226 e. The van der Waals surface area contributed by atoms with Crippen LogP contribution in [0.2, 0.25) is 0 Å². The lowest BCUT2D eigenvalue weighted by Crippen LogP contribution is -2.20. The Kier molecular flexibility index (Phi) is 5.29. The van der Waals surface area contributed by atoms with E-state index < -0.39 is 0 Å². The Morgan fingerprint density at radius 2 is 1.78 bits per heavy atom. The first-order valence-corrected chi connectivity index (χ1v) is 10.5. The number of fused-ring (bicyclic) bond motifs is 5. The summed E-state index contributed by atoms with van der Waals surface area (Å²) in [4.78, 5) is 24.1. The maximum atomic E-state index is 13.2. The van der Waals surface area contributed by atoms with Crippen LogP contribution in [0.5, 0.6) is 11.6 Å². The standard InChI is InChI=1S/C26H23N3O3/c1-29(2)12-13-31-26-24-23(19-10-11-27-15-21(19)25(24)30)20-9-8-18(14-22(20)28-26)32-16-17-6-4-3-5-7-17/h3-11,14-15H,12-13,16H2,1-2H3. The highest BCUT2D eigenvalue weighted by Crippen LogP contribution is 2.44. The Morgan fingerprint density at radius 1 is 0.938 bits per heavy atom. The first kappa shape index (κ1) is 20.2. The number of carbonyl (C=O) groups is 1. The van der Waals surface area contributed by atoms with E-state index in [-0.39, 0.29) is 5.78 Å². The molecule has 0 fully saturated rings. The number of likely N-dealkylation sites (N-methyl/N-ethyl adjacent to an activating group) is 1. The fraction of sp³-hybridized carbons (Fsp3) is 0.192. The molecule has 2 heterocycles. The van der Waals surface area contributed by atoms with Crippen LogP contribution >= 0.6 is 0 Å². The molecule has 0 radical (unpaired) electrons. The number of aromatic nitrogens is 2. The van der Waals surface area contributed by atoms with Gasteiger partial charge in [0.05, 0.1) is 11.1 Å². The molecular weight excluding hydrogens is 402 g/mol. The van der Waals surface area contributed by atoms with Gasteiger partial charge in [0.25, 0.3) is 0 Å². The number of pyridine rings is 2. The van der Waals surface area contributed by atoms with E-state index in [4.69, 9.17) is 14.5 Å². The van der Waals surface area contributed by atoms with Crippen molar-refractivity contribution in [2.24, 2.45) is 0 Å². The molecule has 32 heavy (non-hydrogen) atoms. The molecule has 2 aromatic heterocycles. The highest BCUT2D eigenvalue weighted by atomic mass is 16.5. The maximum absolute atomic E-state index is 13.2. The highest BCUT2D eigenvalue weighted by Gasteiger charge is 2.33. The predicted octanol–water partition coefficient (Wildman–Crippen LogP) is 4.36. The Bertz CT molecular complexity index is 1300. The number of carbonyl (C=O) groups excluding carboxylic acids is 1. The zero-order valence-corrected chi connectivity index (χ0v) is 18.0. The number of ether oxygens (including phenoxy) is 2. The Morgan fingerprint density at radius 3 is 2.59 bits per heavy atom. The van der Waals surface area contributed by atoms with E-state index in [1.165, 1.54) is 0 Å². The first-order valence-electron chi connectivity index (χ1n) is 10.5. The zero-order chi connectivity index (χ0) is 22.1. The number of rotatable bonds is 7. The quantitative estimate of drug-likeness (QED) is 0.386. The van der Waals surface area contributed by atoms with E-state index in [9.17, 15) is 4.79 Å². The van der Waals surface area contributed by atoms with Crippen molar-refractivity contribution in [3.63, 3.8) is 0 Å². The fourth-order valence-corrected chi connectivity index (χ4v) is 3.90. The summed E-state index contributed by atoms with van der Waals surface area (Å²) < 4.78 is 12.0. The second-order valence-electron chi connectivity index (χ2n) is 8.02. The van der Waals surface area contributed by atoms with Crippen molar-refractivity contribution in [3.05, 3.63) is 83.7 Å². The van der Waals surface area contributed by atoms with Crippen LogP contribution < -0.4 is 9.47 Å². The SMILES string of the molecule is CN(C)CCOc1nc2cc(OCc3ccccc3)ccc2c2c1C(=O)c1cnccc1-2. The lowest BCUT2D eigenvalue weighted by Gasteiger charge is -2.15. The van der Waals surface area contributed by atoms with Crippen LogP contribution in [0.1, 0.15) is 21.5 Å². The summed E-state index contributed by atoms with van der Waals surface area (Å²) in [6.45, 7) is 1.62. The zero-order valence-electron chi connectivity index (χ0n) is 18.0. The molecule has 5 rings (SSSR count). The molecule has 0 saturated heterocycles. The van der Waals surface area contributed by atoms with E-state index in [0.29, 0.717) is 36.0 Å². The third kappa shape index (κ3) is 3.69. The van der Waals surface area contributed by atoms with Crippen molar-refractivity contribution in [3.8, 4) is 22.8 Å². The molecule has 6 heteroatoms. The summed E-state index contributed by atoms with van der Waals surface area (Å²) in [6.07, 6.45) is 3.32. The lowest BCUT2D eigenvalue weighted by molar-refractivity contribution is 0.103. The molecule has 0 spiro atoms. The summed E-state index contributed by atoms with van der Waals surface area (Å²) in [7, 11) is 3.95. The van der Waals surface area contributed by atoms with Crippen molar-refractivity contribution in [2.45, 2.75) is 6.61 Å². The van der Waals surface area contributed by atoms with Crippen LogP contribution in [0.3, 0.4) is 0 Å². The van der Waals surface area contributed by atoms with Crippen LogP contribution in [0, 0.1) is 0 Å². The summed E-state index contributed by atoms with van der Waals surface area (Å²) in [6, 6.07) is 17.7. The van der Waals surface area contributed by atoms with Crippen molar-refractivity contribution in [1.82, 2.24) is 14.9 Å². The molecule has 0 N–H and O–H groups in total. The third-order valence-electron chi connectivity index (χ3n) is 5.51. The van der Waals surface area contributed by atoms with Crippen LogP contribution in [0.4, 0.5) is 0 Å². The van der Waals surface area contributed by atoms with Crippen molar-refractivity contribution >= 4 is 16.7 Å².